The Hall–Kier alpha value is -1.89. The SMILES string of the molecule is C=C/C(=C\C=C(/C)Cc1cc2c(cc1C)C(C)(C)CCC2(C)C)C(C)=O. The third-order valence-corrected chi connectivity index (χ3v) is 5.95. The Kier molecular flexibility index (Phi) is 5.80. The smallest absolute Gasteiger partial charge is 0.159 e. The predicted octanol–water partition coefficient (Wildman–Crippen LogP) is 6.53. The van der Waals surface area contributed by atoms with E-state index in [-0.39, 0.29) is 16.6 Å². The number of benzene rings is 1. The van der Waals surface area contributed by atoms with E-state index < -0.39 is 0 Å². The highest BCUT2D eigenvalue weighted by Gasteiger charge is 2.37. The zero-order valence-corrected chi connectivity index (χ0v) is 17.6. The fourth-order valence-electron chi connectivity index (χ4n) is 3.88. The highest BCUT2D eigenvalue weighted by atomic mass is 16.1. The van der Waals surface area contributed by atoms with E-state index in [2.05, 4.69) is 60.3 Å². The number of allylic oxidation sites excluding steroid dienone is 5. The van der Waals surface area contributed by atoms with Gasteiger partial charge in [-0.3, -0.25) is 4.79 Å². The van der Waals surface area contributed by atoms with E-state index in [1.807, 2.05) is 12.2 Å². The number of carbonyl (C=O) groups excluding carboxylic acids is 1. The molecule has 1 aromatic carbocycles. The van der Waals surface area contributed by atoms with Crippen LogP contribution in [0.15, 0.2) is 48.1 Å². The number of Topliss-reactive ketones (excluding diaryl/α,β-unsaturated/α-hetero) is 1. The Balaban J connectivity index is 2.40. The molecule has 0 fully saturated rings. The normalized spacial score (nSPS) is 19.0. The molecule has 1 aliphatic rings. The molecule has 0 atom stereocenters. The molecule has 0 amide bonds. The van der Waals surface area contributed by atoms with E-state index in [0.29, 0.717) is 5.57 Å². The molecule has 0 N–H and O–H groups in total. The minimum Gasteiger partial charge on any atom is -0.295 e. The summed E-state index contributed by atoms with van der Waals surface area (Å²) in [5.41, 5.74) is 8.17. The van der Waals surface area contributed by atoms with Crippen LogP contribution >= 0.6 is 0 Å². The van der Waals surface area contributed by atoms with Crippen LogP contribution in [-0.2, 0) is 22.0 Å². The lowest BCUT2D eigenvalue weighted by atomic mass is 9.62. The fourth-order valence-corrected chi connectivity index (χ4v) is 3.88. The molecule has 140 valence electrons. The van der Waals surface area contributed by atoms with Gasteiger partial charge in [0.25, 0.3) is 0 Å². The molecule has 1 heteroatoms. The van der Waals surface area contributed by atoms with Crippen LogP contribution < -0.4 is 0 Å². The van der Waals surface area contributed by atoms with E-state index in [0.717, 1.165) is 6.42 Å². The van der Waals surface area contributed by atoms with Gasteiger partial charge < -0.3 is 0 Å². The fraction of sp³-hybridized carbons (Fsp3) is 0.480. The zero-order chi connectivity index (χ0) is 19.7. The zero-order valence-electron chi connectivity index (χ0n) is 17.6. The first-order chi connectivity index (χ1) is 12.0. The van der Waals surface area contributed by atoms with Gasteiger partial charge in [0.2, 0.25) is 0 Å². The molecule has 1 aliphatic carbocycles. The summed E-state index contributed by atoms with van der Waals surface area (Å²) in [4.78, 5) is 11.5. The largest absolute Gasteiger partial charge is 0.295 e. The van der Waals surface area contributed by atoms with E-state index in [1.54, 1.807) is 13.0 Å². The lowest BCUT2D eigenvalue weighted by molar-refractivity contribution is -0.113. The van der Waals surface area contributed by atoms with Crippen LogP contribution in [0, 0.1) is 6.92 Å². The summed E-state index contributed by atoms with van der Waals surface area (Å²) in [5.74, 6) is 0.0537. The third kappa shape index (κ3) is 4.26. The van der Waals surface area contributed by atoms with Crippen molar-refractivity contribution < 1.29 is 4.79 Å². The van der Waals surface area contributed by atoms with Gasteiger partial charge in [0.1, 0.15) is 0 Å². The van der Waals surface area contributed by atoms with Crippen molar-refractivity contribution in [3.05, 3.63) is 70.3 Å². The van der Waals surface area contributed by atoms with E-state index in [1.165, 1.54) is 40.7 Å². The number of rotatable bonds is 5. The Bertz CT molecular complexity index is 785. The summed E-state index contributed by atoms with van der Waals surface area (Å²) in [7, 11) is 0. The van der Waals surface area contributed by atoms with E-state index in [4.69, 9.17) is 0 Å². The van der Waals surface area contributed by atoms with Crippen LogP contribution in [0.5, 0.6) is 0 Å². The van der Waals surface area contributed by atoms with Crippen LogP contribution in [0.2, 0.25) is 0 Å². The van der Waals surface area contributed by atoms with Crippen LogP contribution in [-0.4, -0.2) is 5.78 Å². The van der Waals surface area contributed by atoms with Crippen molar-refractivity contribution in [1.82, 2.24) is 0 Å². The third-order valence-electron chi connectivity index (χ3n) is 5.95. The van der Waals surface area contributed by atoms with Gasteiger partial charge in [0.15, 0.2) is 5.78 Å². The Morgan fingerprint density at radius 1 is 1.04 bits per heavy atom. The highest BCUT2D eigenvalue weighted by Crippen LogP contribution is 2.46. The monoisotopic (exact) mass is 350 g/mol. The molecule has 0 spiro atoms. The van der Waals surface area contributed by atoms with E-state index >= 15 is 0 Å². The summed E-state index contributed by atoms with van der Waals surface area (Å²) in [5, 5.41) is 0. The average molecular weight is 351 g/mol. The maximum absolute atomic E-state index is 11.5. The average Bonchev–Trinajstić information content (AvgIpc) is 2.53. The van der Waals surface area contributed by atoms with Crippen LogP contribution in [0.25, 0.3) is 0 Å². The Morgan fingerprint density at radius 3 is 2.08 bits per heavy atom. The number of fused-ring (bicyclic) bond motifs is 1. The maximum Gasteiger partial charge on any atom is 0.159 e. The van der Waals surface area contributed by atoms with Crippen molar-refractivity contribution in [3.63, 3.8) is 0 Å². The molecule has 0 heterocycles. The molecule has 0 aromatic heterocycles. The molecule has 0 saturated carbocycles. The number of carbonyl (C=O) groups is 1. The second-order valence-electron chi connectivity index (χ2n) is 9.16. The van der Waals surface area contributed by atoms with Gasteiger partial charge in [-0.2, -0.15) is 0 Å². The second-order valence-corrected chi connectivity index (χ2v) is 9.16. The standard InChI is InChI=1S/C25H34O/c1-9-20(19(4)26)11-10-17(2)14-21-16-23-22(15-18(21)3)24(5,6)12-13-25(23,7)8/h9-11,15-16H,1,12-14H2,2-8H3/b17-10+,20-11+. The van der Waals surface area contributed by atoms with Gasteiger partial charge in [0, 0.05) is 5.57 Å². The van der Waals surface area contributed by atoms with Gasteiger partial charge >= 0.3 is 0 Å². The maximum atomic E-state index is 11.5. The molecule has 1 nitrogen and oxygen atoms in total. The first-order valence-electron chi connectivity index (χ1n) is 9.63. The van der Waals surface area contributed by atoms with Gasteiger partial charge in [-0.05, 0) is 73.1 Å². The molecule has 0 saturated heterocycles. The molecule has 0 bridgehead atoms. The summed E-state index contributed by atoms with van der Waals surface area (Å²) < 4.78 is 0. The topological polar surface area (TPSA) is 17.1 Å². The first-order valence-corrected chi connectivity index (χ1v) is 9.63. The van der Waals surface area contributed by atoms with Crippen LogP contribution in [0.1, 0.15) is 76.6 Å². The lowest BCUT2D eigenvalue weighted by Gasteiger charge is -2.42. The van der Waals surface area contributed by atoms with Crippen molar-refractivity contribution in [1.29, 1.82) is 0 Å². The van der Waals surface area contributed by atoms with Crippen LogP contribution in [0.4, 0.5) is 0 Å². The summed E-state index contributed by atoms with van der Waals surface area (Å²) >= 11 is 0. The first kappa shape index (κ1) is 20.4. The van der Waals surface area contributed by atoms with Crippen molar-refractivity contribution in [3.8, 4) is 0 Å². The molecule has 0 aliphatic heterocycles. The molecule has 1 aromatic rings. The quantitative estimate of drug-likeness (QED) is 0.435. The molecule has 0 unspecified atom stereocenters. The van der Waals surface area contributed by atoms with Crippen molar-refractivity contribution in [2.45, 2.75) is 78.6 Å². The Morgan fingerprint density at radius 2 is 1.58 bits per heavy atom. The van der Waals surface area contributed by atoms with E-state index in [9.17, 15) is 4.79 Å². The molecule has 0 radical (unpaired) electrons. The lowest BCUT2D eigenvalue weighted by Crippen LogP contribution is -2.34. The molecule has 2 rings (SSSR count). The number of ketones is 1. The molecular weight excluding hydrogens is 316 g/mol. The molecular formula is C25H34O. The highest BCUT2D eigenvalue weighted by molar-refractivity contribution is 5.96. The number of hydrogen-bond donors (Lipinski definition) is 0. The molecule has 26 heavy (non-hydrogen) atoms. The second kappa shape index (κ2) is 7.39. The minimum absolute atomic E-state index is 0.0537. The summed E-state index contributed by atoms with van der Waals surface area (Å²) in [6.45, 7) is 19.1. The number of aryl methyl sites for hydroxylation is 1. The van der Waals surface area contributed by atoms with Gasteiger partial charge in [-0.15, -0.1) is 0 Å². The van der Waals surface area contributed by atoms with Gasteiger partial charge in [-0.1, -0.05) is 70.2 Å². The van der Waals surface area contributed by atoms with Gasteiger partial charge in [-0.25, -0.2) is 0 Å². The van der Waals surface area contributed by atoms with Crippen molar-refractivity contribution in [2.75, 3.05) is 0 Å². The van der Waals surface area contributed by atoms with Crippen LogP contribution in [0.3, 0.4) is 0 Å². The predicted molar refractivity (Wildman–Crippen MR) is 113 cm³/mol. The van der Waals surface area contributed by atoms with Crippen molar-refractivity contribution in [2.24, 2.45) is 0 Å². The number of hydrogen-bond acceptors (Lipinski definition) is 1. The Labute approximate surface area is 159 Å². The van der Waals surface area contributed by atoms with Gasteiger partial charge in [0.05, 0.1) is 0 Å². The van der Waals surface area contributed by atoms with Crippen molar-refractivity contribution >= 4 is 5.78 Å². The summed E-state index contributed by atoms with van der Waals surface area (Å²) in [6.07, 6.45) is 8.94. The summed E-state index contributed by atoms with van der Waals surface area (Å²) in [6, 6.07) is 4.85. The minimum atomic E-state index is 0.0537.